The molecule has 0 aliphatic carbocycles. The van der Waals surface area contributed by atoms with Crippen LogP contribution in [0.1, 0.15) is 18.4 Å². The highest BCUT2D eigenvalue weighted by Gasteiger charge is 2.23. The SMILES string of the molecule is COc1cc2nc(N3CCN(C)CC3)cc(NC3CCN(Cc4ccccc4)CC3)c2cc1OC. The van der Waals surface area contributed by atoms with Crippen LogP contribution < -0.4 is 19.7 Å². The second-order valence-corrected chi connectivity index (χ2v) is 9.72. The number of aromatic nitrogens is 1. The van der Waals surface area contributed by atoms with E-state index in [1.54, 1.807) is 14.2 Å². The van der Waals surface area contributed by atoms with Gasteiger partial charge in [-0.25, -0.2) is 4.98 Å². The van der Waals surface area contributed by atoms with Gasteiger partial charge in [-0.2, -0.15) is 0 Å². The number of benzene rings is 2. The van der Waals surface area contributed by atoms with Gasteiger partial charge in [0.25, 0.3) is 0 Å². The number of likely N-dealkylation sites (tertiary alicyclic amines) is 1. The Morgan fingerprint density at radius 2 is 1.57 bits per heavy atom. The third-order valence-electron chi connectivity index (χ3n) is 7.32. The molecule has 3 aromatic rings. The van der Waals surface area contributed by atoms with Gasteiger partial charge in [-0.05, 0) is 31.5 Å². The summed E-state index contributed by atoms with van der Waals surface area (Å²) in [5, 5.41) is 4.96. The topological polar surface area (TPSA) is 53.1 Å². The van der Waals surface area contributed by atoms with Crippen molar-refractivity contribution in [3.05, 3.63) is 54.1 Å². The molecule has 2 saturated heterocycles. The molecule has 0 saturated carbocycles. The quantitative estimate of drug-likeness (QED) is 0.553. The van der Waals surface area contributed by atoms with E-state index in [-0.39, 0.29) is 0 Å². The zero-order valence-corrected chi connectivity index (χ0v) is 21.2. The van der Waals surface area contributed by atoms with Crippen molar-refractivity contribution in [2.75, 3.05) is 70.8 Å². The molecule has 186 valence electrons. The molecule has 0 atom stereocenters. The number of piperidine rings is 1. The summed E-state index contributed by atoms with van der Waals surface area (Å²) in [6.45, 7) is 7.29. The molecule has 1 N–H and O–H groups in total. The van der Waals surface area contributed by atoms with Gasteiger partial charge in [0.15, 0.2) is 11.5 Å². The minimum Gasteiger partial charge on any atom is -0.493 e. The highest BCUT2D eigenvalue weighted by Crippen LogP contribution is 2.37. The number of likely N-dealkylation sites (N-methyl/N-ethyl adjacent to an activating group) is 1. The molecular weight excluding hydrogens is 438 g/mol. The molecule has 7 nitrogen and oxygen atoms in total. The van der Waals surface area contributed by atoms with Crippen molar-refractivity contribution in [2.24, 2.45) is 0 Å². The van der Waals surface area contributed by atoms with E-state index in [4.69, 9.17) is 14.5 Å². The van der Waals surface area contributed by atoms with Crippen LogP contribution >= 0.6 is 0 Å². The van der Waals surface area contributed by atoms with Gasteiger partial charge in [0.2, 0.25) is 0 Å². The Hall–Kier alpha value is -3.03. The number of methoxy groups -OCH3 is 2. The first kappa shape index (κ1) is 23.7. The molecule has 2 aromatic carbocycles. The zero-order chi connectivity index (χ0) is 24.2. The average Bonchev–Trinajstić information content (AvgIpc) is 2.90. The fourth-order valence-electron chi connectivity index (χ4n) is 5.15. The summed E-state index contributed by atoms with van der Waals surface area (Å²) in [7, 11) is 5.54. The average molecular weight is 476 g/mol. The summed E-state index contributed by atoms with van der Waals surface area (Å²) in [6, 6.07) is 17.5. The molecule has 2 fully saturated rings. The summed E-state index contributed by atoms with van der Waals surface area (Å²) < 4.78 is 11.2. The van der Waals surface area contributed by atoms with Crippen LogP contribution in [0.2, 0.25) is 0 Å². The molecule has 0 bridgehead atoms. The molecule has 3 heterocycles. The Labute approximate surface area is 208 Å². The smallest absolute Gasteiger partial charge is 0.162 e. The van der Waals surface area contributed by atoms with Gasteiger partial charge in [0, 0.05) is 75.1 Å². The summed E-state index contributed by atoms with van der Waals surface area (Å²) in [5.41, 5.74) is 3.45. The van der Waals surface area contributed by atoms with Crippen molar-refractivity contribution >= 4 is 22.4 Å². The number of ether oxygens (including phenoxy) is 2. The molecule has 5 rings (SSSR count). The van der Waals surface area contributed by atoms with Gasteiger partial charge >= 0.3 is 0 Å². The number of piperazine rings is 1. The maximum Gasteiger partial charge on any atom is 0.162 e. The van der Waals surface area contributed by atoms with E-state index in [1.165, 1.54) is 5.56 Å². The minimum absolute atomic E-state index is 0.432. The van der Waals surface area contributed by atoms with E-state index in [2.05, 4.69) is 69.5 Å². The molecule has 7 heteroatoms. The lowest BCUT2D eigenvalue weighted by Gasteiger charge is -2.35. The number of pyridine rings is 1. The predicted molar refractivity (Wildman–Crippen MR) is 143 cm³/mol. The Bertz CT molecular complexity index is 1120. The van der Waals surface area contributed by atoms with Gasteiger partial charge in [-0.1, -0.05) is 30.3 Å². The van der Waals surface area contributed by atoms with E-state index in [1.807, 2.05) is 6.07 Å². The Kier molecular flexibility index (Phi) is 7.25. The predicted octanol–water partition coefficient (Wildman–Crippen LogP) is 4.08. The van der Waals surface area contributed by atoms with E-state index in [0.717, 1.165) is 86.8 Å². The fraction of sp³-hybridized carbons (Fsp3) is 0.464. The first-order valence-electron chi connectivity index (χ1n) is 12.7. The van der Waals surface area contributed by atoms with Gasteiger partial charge in [0.1, 0.15) is 5.82 Å². The molecule has 0 radical (unpaired) electrons. The lowest BCUT2D eigenvalue weighted by atomic mass is 10.0. The first-order valence-corrected chi connectivity index (χ1v) is 12.7. The number of nitrogens with zero attached hydrogens (tertiary/aromatic N) is 4. The third-order valence-corrected chi connectivity index (χ3v) is 7.32. The molecule has 0 spiro atoms. The number of nitrogens with one attached hydrogen (secondary N) is 1. The number of rotatable bonds is 7. The second kappa shape index (κ2) is 10.7. The second-order valence-electron chi connectivity index (χ2n) is 9.72. The van der Waals surface area contributed by atoms with Crippen LogP contribution in [0, 0.1) is 0 Å². The van der Waals surface area contributed by atoms with E-state index >= 15 is 0 Å². The van der Waals surface area contributed by atoms with Crippen molar-refractivity contribution in [3.63, 3.8) is 0 Å². The summed E-state index contributed by atoms with van der Waals surface area (Å²) in [4.78, 5) is 12.4. The Morgan fingerprint density at radius 1 is 0.886 bits per heavy atom. The van der Waals surface area contributed by atoms with Crippen LogP contribution in [0.3, 0.4) is 0 Å². The molecule has 0 amide bonds. The third kappa shape index (κ3) is 5.46. The van der Waals surface area contributed by atoms with E-state index in [9.17, 15) is 0 Å². The first-order chi connectivity index (χ1) is 17.1. The van der Waals surface area contributed by atoms with Crippen LogP contribution in [0.15, 0.2) is 48.5 Å². The molecule has 2 aliphatic heterocycles. The monoisotopic (exact) mass is 475 g/mol. The van der Waals surface area contributed by atoms with Crippen LogP contribution in [0.5, 0.6) is 11.5 Å². The summed E-state index contributed by atoms with van der Waals surface area (Å²) >= 11 is 0. The van der Waals surface area contributed by atoms with Crippen molar-refractivity contribution < 1.29 is 9.47 Å². The van der Waals surface area contributed by atoms with Gasteiger partial charge < -0.3 is 24.6 Å². The summed E-state index contributed by atoms with van der Waals surface area (Å²) in [5.74, 6) is 2.47. The van der Waals surface area contributed by atoms with Crippen molar-refractivity contribution in [1.29, 1.82) is 0 Å². The summed E-state index contributed by atoms with van der Waals surface area (Å²) in [6.07, 6.45) is 2.24. The lowest BCUT2D eigenvalue weighted by Crippen LogP contribution is -2.44. The van der Waals surface area contributed by atoms with Crippen molar-refractivity contribution in [1.82, 2.24) is 14.8 Å². The number of anilines is 2. The lowest BCUT2D eigenvalue weighted by molar-refractivity contribution is 0.211. The van der Waals surface area contributed by atoms with Crippen molar-refractivity contribution in [2.45, 2.75) is 25.4 Å². The standard InChI is InChI=1S/C28H37N5O2/c1-31-13-15-33(16-14-31)28-19-25(23-17-26(34-2)27(35-3)18-24(23)30-28)29-22-9-11-32(12-10-22)20-21-7-5-4-6-8-21/h4-8,17-19,22H,9-16,20H2,1-3H3,(H,29,30). The van der Waals surface area contributed by atoms with Gasteiger partial charge in [-0.15, -0.1) is 0 Å². The van der Waals surface area contributed by atoms with Crippen LogP contribution in [0.4, 0.5) is 11.5 Å². The van der Waals surface area contributed by atoms with Crippen molar-refractivity contribution in [3.8, 4) is 11.5 Å². The van der Waals surface area contributed by atoms with E-state index < -0.39 is 0 Å². The number of fused-ring (bicyclic) bond motifs is 1. The number of hydrogen-bond acceptors (Lipinski definition) is 7. The van der Waals surface area contributed by atoms with E-state index in [0.29, 0.717) is 11.8 Å². The fourth-order valence-corrected chi connectivity index (χ4v) is 5.15. The largest absolute Gasteiger partial charge is 0.493 e. The minimum atomic E-state index is 0.432. The molecular formula is C28H37N5O2. The maximum atomic E-state index is 5.62. The zero-order valence-electron chi connectivity index (χ0n) is 21.2. The highest BCUT2D eigenvalue weighted by atomic mass is 16.5. The van der Waals surface area contributed by atoms with Gasteiger partial charge in [0.05, 0.1) is 19.7 Å². The van der Waals surface area contributed by atoms with Gasteiger partial charge in [-0.3, -0.25) is 4.90 Å². The highest BCUT2D eigenvalue weighted by molar-refractivity contribution is 5.95. The Balaban J connectivity index is 1.37. The van der Waals surface area contributed by atoms with Crippen LogP contribution in [-0.4, -0.2) is 81.4 Å². The van der Waals surface area contributed by atoms with Crippen LogP contribution in [-0.2, 0) is 6.54 Å². The number of hydrogen-bond donors (Lipinski definition) is 1. The molecule has 0 unspecified atom stereocenters. The molecule has 1 aromatic heterocycles. The normalized spacial score (nSPS) is 18.1. The molecule has 35 heavy (non-hydrogen) atoms. The maximum absolute atomic E-state index is 5.62. The van der Waals surface area contributed by atoms with Crippen LogP contribution in [0.25, 0.3) is 10.9 Å². The Morgan fingerprint density at radius 3 is 2.26 bits per heavy atom. The molecule has 2 aliphatic rings.